The monoisotopic (exact) mass is 812 g/mol. The van der Waals surface area contributed by atoms with Gasteiger partial charge < -0.3 is 0 Å². The van der Waals surface area contributed by atoms with Gasteiger partial charge in [0.05, 0.1) is 38.1 Å². The van der Waals surface area contributed by atoms with Crippen LogP contribution in [0.1, 0.15) is 33.4 Å². The lowest BCUT2D eigenvalue weighted by Gasteiger charge is -2.08. The predicted molar refractivity (Wildman–Crippen MR) is 228 cm³/mol. The summed E-state index contributed by atoms with van der Waals surface area (Å²) in [6, 6.07) is 9.41. The van der Waals surface area contributed by atoms with Gasteiger partial charge in [-0.15, -0.1) is 93.2 Å². The molecule has 5 heterocycles. The van der Waals surface area contributed by atoms with Gasteiger partial charge in [0.2, 0.25) is 0 Å². The number of thioether (sulfide) groups is 12. The molecule has 0 bridgehead atoms. The molecular weight excluding hydrogens is 785 g/mol. The summed E-state index contributed by atoms with van der Waals surface area (Å²) in [5.74, 6) is 0. The van der Waals surface area contributed by atoms with Crippen LogP contribution in [-0.2, 0) is 0 Å². The van der Waals surface area contributed by atoms with Crippen molar-refractivity contribution in [2.24, 2.45) is 0 Å². The molecule has 0 aliphatic carbocycles. The third kappa shape index (κ3) is 7.68. The molecule has 0 aromatic carbocycles. The Kier molecular flexibility index (Phi) is 13.8. The molecule has 0 atom stereocenters. The number of hydrogen-bond acceptors (Lipinski definition) is 14. The molecule has 0 unspecified atom stereocenters. The second-order valence-corrected chi connectivity index (χ2v) is 23.9. The van der Waals surface area contributed by atoms with Crippen molar-refractivity contribution in [1.29, 1.82) is 0 Å². The summed E-state index contributed by atoms with van der Waals surface area (Å²) in [6.07, 6.45) is 13.2. The molecule has 3 aliphatic heterocycles. The highest BCUT2D eigenvalue weighted by atomic mass is 32.3. The van der Waals surface area contributed by atoms with E-state index in [1.807, 2.05) is 164 Å². The van der Waals surface area contributed by atoms with Crippen molar-refractivity contribution < 1.29 is 0 Å². The minimum Gasteiger partial charge on any atom is -0.135 e. The maximum absolute atomic E-state index is 2.36. The van der Waals surface area contributed by atoms with Gasteiger partial charge in [0.25, 0.3) is 0 Å². The van der Waals surface area contributed by atoms with Crippen LogP contribution in [-0.4, -0.2) is 37.5 Å². The molecule has 3 aliphatic rings. The first-order valence-electron chi connectivity index (χ1n) is 12.3. The van der Waals surface area contributed by atoms with Crippen molar-refractivity contribution in [3.05, 3.63) is 81.9 Å². The van der Waals surface area contributed by atoms with E-state index in [-0.39, 0.29) is 0 Å². The third-order valence-electron chi connectivity index (χ3n) is 5.99. The summed E-state index contributed by atoms with van der Waals surface area (Å²) in [4.78, 5) is 5.45. The summed E-state index contributed by atoms with van der Waals surface area (Å²) >= 11 is 26.7. The van der Waals surface area contributed by atoms with Crippen LogP contribution in [0.2, 0.25) is 0 Å². The third-order valence-corrected chi connectivity index (χ3v) is 24.5. The molecule has 0 N–H and O–H groups in total. The van der Waals surface area contributed by atoms with Crippen molar-refractivity contribution in [2.75, 3.05) is 37.5 Å². The van der Waals surface area contributed by atoms with Crippen molar-refractivity contribution in [3.8, 4) is 0 Å². The number of thiophene rings is 2. The molecule has 0 spiro atoms. The highest BCUT2D eigenvalue weighted by Crippen LogP contribution is 2.62. The van der Waals surface area contributed by atoms with E-state index in [9.17, 15) is 0 Å². The first kappa shape index (κ1) is 35.3. The van der Waals surface area contributed by atoms with Gasteiger partial charge in [-0.2, -0.15) is 0 Å². The van der Waals surface area contributed by atoms with Crippen LogP contribution in [0, 0.1) is 0 Å². The van der Waals surface area contributed by atoms with E-state index in [0.29, 0.717) is 0 Å². The Hall–Kier alpha value is 2.04. The van der Waals surface area contributed by atoms with E-state index in [1.54, 1.807) is 0 Å². The molecule has 0 amide bonds. The Morgan fingerprint density at radius 3 is 0.952 bits per heavy atom. The van der Waals surface area contributed by atoms with Gasteiger partial charge in [-0.3, -0.25) is 0 Å². The molecule has 0 saturated carbocycles. The van der Waals surface area contributed by atoms with Crippen LogP contribution in [0.5, 0.6) is 0 Å². The lowest BCUT2D eigenvalue weighted by Crippen LogP contribution is -1.83. The van der Waals surface area contributed by atoms with Gasteiger partial charge in [0.15, 0.2) is 0 Å². The highest BCUT2D eigenvalue weighted by molar-refractivity contribution is 8.42. The summed E-state index contributed by atoms with van der Waals surface area (Å²) < 4.78 is 12.8. The summed E-state index contributed by atoms with van der Waals surface area (Å²) in [6.45, 7) is 4.60. The average molecular weight is 813 g/mol. The van der Waals surface area contributed by atoms with Crippen molar-refractivity contribution >= 4 is 181 Å². The van der Waals surface area contributed by atoms with E-state index >= 15 is 0 Å². The molecule has 2 aromatic heterocycles. The van der Waals surface area contributed by atoms with Gasteiger partial charge in [0, 0.05) is 25.1 Å². The Balaban J connectivity index is 1.52. The Bertz CT molecular complexity index is 1410. The lowest BCUT2D eigenvalue weighted by atomic mass is 10.2. The SMILES string of the molecule is CSC1=C(SC)SC(=C(C)c2ccc(C(=C3SC(SC)=C(SC)S3)c3ccc(C(C)=C4SC(SC)=C(SC)S4)s3)s2)S1. The fraction of sp³-hybridized carbons (Fsp3) is 0.286. The standard InChI is InChI=1S/C28H28S14/c1-13(20-37-23(29-3)24(30-4)38-20)15-9-11-17(35-15)19(22-41-27(33-7)28(34-8)42-22)18-12-10-16(36-18)14(2)21-39-25(31-5)26(32-6)40-21/h9-12H,1-8H3. The van der Waals surface area contributed by atoms with Crippen molar-refractivity contribution in [1.82, 2.24) is 0 Å². The second kappa shape index (κ2) is 16.4. The molecule has 42 heavy (non-hydrogen) atoms. The minimum absolute atomic E-state index is 1.36. The van der Waals surface area contributed by atoms with Crippen molar-refractivity contribution in [3.63, 3.8) is 0 Å². The van der Waals surface area contributed by atoms with Crippen LogP contribution < -0.4 is 0 Å². The normalized spacial score (nSPS) is 17.6. The van der Waals surface area contributed by atoms with Gasteiger partial charge in [-0.05, 0) is 86.8 Å². The molecule has 14 heteroatoms. The van der Waals surface area contributed by atoms with Gasteiger partial charge >= 0.3 is 0 Å². The molecular formula is C28H28S14. The fourth-order valence-corrected chi connectivity index (χ4v) is 21.7. The minimum atomic E-state index is 1.36. The summed E-state index contributed by atoms with van der Waals surface area (Å²) in [5.41, 5.74) is 4.18. The quantitative estimate of drug-likeness (QED) is 0.224. The zero-order valence-electron chi connectivity index (χ0n) is 24.0. The lowest BCUT2D eigenvalue weighted by molar-refractivity contribution is 1.72. The van der Waals surface area contributed by atoms with E-state index < -0.39 is 0 Å². The molecule has 2 aromatic rings. The predicted octanol–water partition coefficient (Wildman–Crippen LogP) is 14.9. The zero-order chi connectivity index (χ0) is 30.0. The Labute approximate surface area is 309 Å². The second-order valence-electron chi connectivity index (χ2n) is 8.38. The zero-order valence-corrected chi connectivity index (χ0v) is 35.5. The molecule has 0 nitrogen and oxygen atoms in total. The number of hydrogen-bond donors (Lipinski definition) is 0. The van der Waals surface area contributed by atoms with E-state index in [2.05, 4.69) is 75.6 Å². The number of rotatable bonds is 10. The molecule has 0 fully saturated rings. The van der Waals surface area contributed by atoms with Crippen LogP contribution in [0.3, 0.4) is 0 Å². The van der Waals surface area contributed by atoms with E-state index in [4.69, 9.17) is 0 Å². The Morgan fingerprint density at radius 1 is 0.405 bits per heavy atom. The highest BCUT2D eigenvalue weighted by Gasteiger charge is 2.28. The topological polar surface area (TPSA) is 0 Å². The maximum Gasteiger partial charge on any atom is 0.0657 e. The average Bonchev–Trinajstić information content (AvgIpc) is 3.85. The molecule has 0 radical (unpaired) electrons. The number of allylic oxidation sites excluding steroid dienone is 2. The van der Waals surface area contributed by atoms with Crippen LogP contribution >= 0.6 is 164 Å². The van der Waals surface area contributed by atoms with Gasteiger partial charge in [0.1, 0.15) is 0 Å². The van der Waals surface area contributed by atoms with Gasteiger partial charge in [-0.25, -0.2) is 0 Å². The molecule has 5 rings (SSSR count). The Morgan fingerprint density at radius 2 is 0.667 bits per heavy atom. The molecule has 224 valence electrons. The van der Waals surface area contributed by atoms with Crippen molar-refractivity contribution in [2.45, 2.75) is 13.8 Å². The van der Waals surface area contributed by atoms with Crippen LogP contribution in [0.25, 0.3) is 16.7 Å². The van der Waals surface area contributed by atoms with Gasteiger partial charge in [-0.1, -0.05) is 70.6 Å². The van der Waals surface area contributed by atoms with Crippen LogP contribution in [0.4, 0.5) is 0 Å². The first-order chi connectivity index (χ1) is 20.3. The first-order valence-corrected chi connectivity index (χ1v) is 26.1. The maximum atomic E-state index is 2.36. The van der Waals surface area contributed by atoms with Crippen LogP contribution in [0.15, 0.2) is 62.4 Å². The smallest absolute Gasteiger partial charge is 0.0657 e. The molecule has 0 saturated heterocycles. The largest absolute Gasteiger partial charge is 0.135 e. The summed E-state index contributed by atoms with van der Waals surface area (Å²) in [5, 5.41) is 0. The van der Waals surface area contributed by atoms with E-state index in [0.717, 1.165) is 0 Å². The fourth-order valence-electron chi connectivity index (χ4n) is 3.85. The van der Waals surface area contributed by atoms with E-state index in [1.165, 1.54) is 74.4 Å². The summed E-state index contributed by atoms with van der Waals surface area (Å²) in [7, 11) is 0.